The summed E-state index contributed by atoms with van der Waals surface area (Å²) in [5, 5.41) is 10.9. The van der Waals surface area contributed by atoms with E-state index in [0.29, 0.717) is 25.5 Å². The molecule has 0 amide bonds. The number of guanidine groups is 1. The Hall–Kier alpha value is -2.84. The van der Waals surface area contributed by atoms with E-state index in [2.05, 4.69) is 25.5 Å². The number of aliphatic imine (C=N–C) groups is 1. The lowest BCUT2D eigenvalue weighted by molar-refractivity contribution is -0.0512. The minimum absolute atomic E-state index is 0.0278. The number of hydrogen-bond donors (Lipinski definition) is 2. The Morgan fingerprint density at radius 2 is 2.00 bits per heavy atom. The molecule has 0 radical (unpaired) electrons. The van der Waals surface area contributed by atoms with Crippen molar-refractivity contribution in [3.63, 3.8) is 0 Å². The summed E-state index contributed by atoms with van der Waals surface area (Å²) >= 11 is 0. The Morgan fingerprint density at radius 3 is 2.57 bits per heavy atom. The molecule has 0 atom stereocenters. The summed E-state index contributed by atoms with van der Waals surface area (Å²) in [4.78, 5) is 4.21. The van der Waals surface area contributed by atoms with Crippen LogP contribution < -0.4 is 20.1 Å². The number of nitrogens with zero attached hydrogens (tertiary/aromatic N) is 3. The van der Waals surface area contributed by atoms with Gasteiger partial charge >= 0.3 is 6.61 Å². The molecular weight excluding hydrogens is 368 g/mol. The molecule has 154 valence electrons. The quantitative estimate of drug-likeness (QED) is 0.531. The number of halogens is 2. The monoisotopic (exact) mass is 395 g/mol. The van der Waals surface area contributed by atoms with E-state index in [1.165, 1.54) is 7.11 Å². The van der Waals surface area contributed by atoms with Crippen molar-refractivity contribution >= 4 is 5.96 Å². The standard InChI is InChI=1S/C19H27F2N5O2/c1-12-15(13(2)26(4)25-12)11-24-19(22-3)23-9-8-14-6-7-16(27-5)17(10-14)28-18(20)21/h6-7,10,18H,8-9,11H2,1-5H3,(H2,22,23,24). The Morgan fingerprint density at radius 1 is 1.25 bits per heavy atom. The molecule has 0 bridgehead atoms. The molecule has 2 rings (SSSR count). The van der Waals surface area contributed by atoms with Gasteiger partial charge in [0.15, 0.2) is 17.5 Å². The van der Waals surface area contributed by atoms with Crippen LogP contribution in [0.25, 0.3) is 0 Å². The first kappa shape index (κ1) is 21.5. The summed E-state index contributed by atoms with van der Waals surface area (Å²) in [7, 11) is 5.02. The topological polar surface area (TPSA) is 72.7 Å². The zero-order chi connectivity index (χ0) is 20.7. The lowest BCUT2D eigenvalue weighted by atomic mass is 10.1. The number of aromatic nitrogens is 2. The van der Waals surface area contributed by atoms with Crippen LogP contribution in [0, 0.1) is 13.8 Å². The zero-order valence-corrected chi connectivity index (χ0v) is 16.8. The van der Waals surface area contributed by atoms with E-state index in [1.54, 1.807) is 19.2 Å². The highest BCUT2D eigenvalue weighted by atomic mass is 19.3. The van der Waals surface area contributed by atoms with Crippen molar-refractivity contribution in [2.75, 3.05) is 20.7 Å². The number of benzene rings is 1. The summed E-state index contributed by atoms with van der Waals surface area (Å²) in [6.07, 6.45) is 0.606. The van der Waals surface area contributed by atoms with Gasteiger partial charge in [-0.2, -0.15) is 13.9 Å². The lowest BCUT2D eigenvalue weighted by Gasteiger charge is -2.14. The maximum atomic E-state index is 12.5. The van der Waals surface area contributed by atoms with E-state index in [0.717, 1.165) is 22.5 Å². The minimum atomic E-state index is -2.90. The second-order valence-electron chi connectivity index (χ2n) is 6.24. The van der Waals surface area contributed by atoms with Gasteiger partial charge in [-0.1, -0.05) is 6.07 Å². The summed E-state index contributed by atoms with van der Waals surface area (Å²) in [5.41, 5.74) is 4.06. The van der Waals surface area contributed by atoms with Crippen molar-refractivity contribution in [3.05, 3.63) is 40.7 Å². The average Bonchev–Trinajstić information content (AvgIpc) is 2.89. The maximum Gasteiger partial charge on any atom is 0.387 e. The van der Waals surface area contributed by atoms with Crippen LogP contribution in [-0.4, -0.2) is 43.1 Å². The molecule has 1 aromatic heterocycles. The number of ether oxygens (including phenoxy) is 2. The van der Waals surface area contributed by atoms with E-state index in [1.807, 2.05) is 31.6 Å². The summed E-state index contributed by atoms with van der Waals surface area (Å²) in [5.74, 6) is 0.956. The molecule has 1 heterocycles. The Bertz CT molecular complexity index is 821. The van der Waals surface area contributed by atoms with Crippen molar-refractivity contribution in [1.29, 1.82) is 0 Å². The van der Waals surface area contributed by atoms with E-state index in [4.69, 9.17) is 4.74 Å². The van der Waals surface area contributed by atoms with Crippen LogP contribution in [0.1, 0.15) is 22.5 Å². The first-order valence-corrected chi connectivity index (χ1v) is 8.91. The predicted molar refractivity (Wildman–Crippen MR) is 104 cm³/mol. The number of methoxy groups -OCH3 is 1. The zero-order valence-electron chi connectivity index (χ0n) is 16.8. The van der Waals surface area contributed by atoms with E-state index in [9.17, 15) is 8.78 Å². The third-order valence-corrected chi connectivity index (χ3v) is 4.47. The molecule has 2 N–H and O–H groups in total. The van der Waals surface area contributed by atoms with Crippen molar-refractivity contribution in [1.82, 2.24) is 20.4 Å². The van der Waals surface area contributed by atoms with Gasteiger partial charge < -0.3 is 20.1 Å². The first-order valence-electron chi connectivity index (χ1n) is 8.91. The maximum absolute atomic E-state index is 12.5. The normalized spacial score (nSPS) is 11.6. The van der Waals surface area contributed by atoms with Crippen molar-refractivity contribution in [2.24, 2.45) is 12.0 Å². The molecule has 0 spiro atoms. The largest absolute Gasteiger partial charge is 0.493 e. The molecule has 0 aliphatic rings. The lowest BCUT2D eigenvalue weighted by Crippen LogP contribution is -2.38. The second kappa shape index (κ2) is 9.91. The van der Waals surface area contributed by atoms with E-state index < -0.39 is 6.61 Å². The third-order valence-electron chi connectivity index (χ3n) is 4.47. The van der Waals surface area contributed by atoms with Crippen LogP contribution in [0.15, 0.2) is 23.2 Å². The first-order chi connectivity index (χ1) is 13.3. The molecule has 1 aromatic carbocycles. The van der Waals surface area contributed by atoms with Crippen molar-refractivity contribution < 1.29 is 18.3 Å². The number of alkyl halides is 2. The molecule has 0 saturated carbocycles. The number of rotatable bonds is 8. The van der Waals surface area contributed by atoms with Gasteiger partial charge in [-0.15, -0.1) is 0 Å². The van der Waals surface area contributed by atoms with Gasteiger partial charge in [0.2, 0.25) is 0 Å². The number of hydrogen-bond acceptors (Lipinski definition) is 4. The molecule has 0 aliphatic heterocycles. The Labute approximate surface area is 163 Å². The van der Waals surface area contributed by atoms with Crippen LogP contribution in [0.3, 0.4) is 0 Å². The van der Waals surface area contributed by atoms with E-state index in [-0.39, 0.29) is 11.5 Å². The van der Waals surface area contributed by atoms with Crippen molar-refractivity contribution in [3.8, 4) is 11.5 Å². The smallest absolute Gasteiger partial charge is 0.387 e. The van der Waals surface area contributed by atoms with Crippen LogP contribution in [0.5, 0.6) is 11.5 Å². The Balaban J connectivity index is 1.90. The second-order valence-corrected chi connectivity index (χ2v) is 6.24. The fraction of sp³-hybridized carbons (Fsp3) is 0.474. The van der Waals surface area contributed by atoms with Gasteiger partial charge in [0, 0.05) is 38.4 Å². The highest BCUT2D eigenvalue weighted by molar-refractivity contribution is 5.79. The van der Waals surface area contributed by atoms with Crippen LogP contribution in [0.4, 0.5) is 8.78 Å². The Kier molecular flexibility index (Phi) is 7.60. The molecular formula is C19H27F2N5O2. The fourth-order valence-corrected chi connectivity index (χ4v) is 2.86. The molecule has 0 saturated heterocycles. The highest BCUT2D eigenvalue weighted by Gasteiger charge is 2.12. The summed E-state index contributed by atoms with van der Waals surface area (Å²) in [6.45, 7) is 2.29. The predicted octanol–water partition coefficient (Wildman–Crippen LogP) is 2.55. The van der Waals surface area contributed by atoms with E-state index >= 15 is 0 Å². The SMILES string of the molecule is CN=C(NCCc1ccc(OC)c(OC(F)F)c1)NCc1c(C)nn(C)c1C. The molecule has 2 aromatic rings. The van der Waals surface area contributed by atoms with Gasteiger partial charge in [0.05, 0.1) is 12.8 Å². The van der Waals surface area contributed by atoms with Gasteiger partial charge in [0.1, 0.15) is 0 Å². The average molecular weight is 395 g/mol. The van der Waals surface area contributed by atoms with Crippen LogP contribution in [-0.2, 0) is 20.0 Å². The van der Waals surface area contributed by atoms with Gasteiger partial charge in [0.25, 0.3) is 0 Å². The molecule has 7 nitrogen and oxygen atoms in total. The van der Waals surface area contributed by atoms with Crippen LogP contribution >= 0.6 is 0 Å². The van der Waals surface area contributed by atoms with Gasteiger partial charge in [-0.3, -0.25) is 9.67 Å². The number of aryl methyl sites for hydroxylation is 2. The molecule has 9 heteroatoms. The van der Waals surface area contributed by atoms with Crippen molar-refractivity contribution in [2.45, 2.75) is 33.4 Å². The molecule has 28 heavy (non-hydrogen) atoms. The van der Waals surface area contributed by atoms with Crippen LogP contribution in [0.2, 0.25) is 0 Å². The van der Waals surface area contributed by atoms with Gasteiger partial charge in [-0.05, 0) is 38.0 Å². The third kappa shape index (κ3) is 5.58. The summed E-state index contributed by atoms with van der Waals surface area (Å²) in [6, 6.07) is 5.00. The fourth-order valence-electron chi connectivity index (χ4n) is 2.86. The molecule has 0 aliphatic carbocycles. The highest BCUT2D eigenvalue weighted by Crippen LogP contribution is 2.29. The summed E-state index contributed by atoms with van der Waals surface area (Å²) < 4.78 is 36.5. The van der Waals surface area contributed by atoms with Gasteiger partial charge in [-0.25, -0.2) is 0 Å². The molecule has 0 fully saturated rings. The number of nitrogens with one attached hydrogen (secondary N) is 2. The molecule has 0 unspecified atom stereocenters. The minimum Gasteiger partial charge on any atom is -0.493 e.